The number of nitriles is 1. The van der Waals surface area contributed by atoms with Crippen molar-refractivity contribution < 1.29 is 49.7 Å². The summed E-state index contributed by atoms with van der Waals surface area (Å²) in [5, 5.41) is 16.4. The predicted molar refractivity (Wildman–Crippen MR) is 250 cm³/mol. The van der Waals surface area contributed by atoms with Gasteiger partial charge < -0.3 is 24.3 Å². The minimum Gasteiger partial charge on any atom is -0.475 e. The summed E-state index contributed by atoms with van der Waals surface area (Å²) in [4.78, 5) is 12.3. The van der Waals surface area contributed by atoms with Crippen LogP contribution in [0, 0.1) is 11.3 Å². The van der Waals surface area contributed by atoms with Gasteiger partial charge in [-0.25, -0.2) is 0 Å². The second-order valence-electron chi connectivity index (χ2n) is 15.3. The van der Waals surface area contributed by atoms with Crippen molar-refractivity contribution in [2.24, 2.45) is 5.73 Å². The van der Waals surface area contributed by atoms with Gasteiger partial charge in [0.2, 0.25) is 12.2 Å². The number of ether oxygens (including phenoxy) is 2. The number of aromatic nitrogens is 2. The van der Waals surface area contributed by atoms with Gasteiger partial charge in [0.1, 0.15) is 17.6 Å². The number of carbonyl (C=O) groups is 1. The van der Waals surface area contributed by atoms with E-state index in [2.05, 4.69) is 16.4 Å². The second kappa shape index (κ2) is 25.6. The van der Waals surface area contributed by atoms with Crippen LogP contribution in [0.2, 0.25) is 0 Å². The summed E-state index contributed by atoms with van der Waals surface area (Å²) < 4.78 is 103. The van der Waals surface area contributed by atoms with Crippen molar-refractivity contribution in [3.05, 3.63) is 117 Å². The van der Waals surface area contributed by atoms with Crippen LogP contribution in [0.15, 0.2) is 69.7 Å². The fraction of sp³-hybridized carbons (Fsp3) is 0.440. The molecule has 0 aliphatic rings. The summed E-state index contributed by atoms with van der Waals surface area (Å²) in [6.45, 7) is 11.8. The first-order valence-electron chi connectivity index (χ1n) is 21.8. The van der Waals surface area contributed by atoms with Crippen molar-refractivity contribution in [3.8, 4) is 17.6 Å². The number of rotatable bonds is 17. The fourth-order valence-electron chi connectivity index (χ4n) is 7.49. The zero-order valence-electron chi connectivity index (χ0n) is 37.7. The standard InChI is InChI=1S/C24H27F3N2O3.C24H25F3N2O2.CH2Cl2.CH4/c1-4-7-16-13-18-21(32-29-22(18)24(25,26)27)17(8-5-2)19(16)31-20(23(28)30)15-11-9-14(6-3)10-12-15;1-4-7-17-13-19-22(31-29-23(19)24(25,26)27)18(8-5-2)21(17)30-20(14-28)16-11-9-15(6-3)10-12-16;2-1-3;/h9-13,20H,4-8H2,1-3H3,(H2,28,30);9-13,20H,4-8H2,1-3H3;1H2;1H4. The first-order valence-corrected chi connectivity index (χ1v) is 22.9. The van der Waals surface area contributed by atoms with Crippen LogP contribution in [0.3, 0.4) is 0 Å². The highest BCUT2D eigenvalue weighted by atomic mass is 35.5. The van der Waals surface area contributed by atoms with Gasteiger partial charge in [-0.15, -0.1) is 23.2 Å². The van der Waals surface area contributed by atoms with Crippen molar-refractivity contribution in [1.29, 1.82) is 5.26 Å². The lowest BCUT2D eigenvalue weighted by Crippen LogP contribution is -2.27. The highest BCUT2D eigenvalue weighted by Gasteiger charge is 2.40. The third kappa shape index (κ3) is 13.8. The smallest absolute Gasteiger partial charge is 0.437 e. The molecule has 6 aromatic rings. The molecule has 67 heavy (non-hydrogen) atoms. The Balaban J connectivity index is 0.000000331. The molecule has 9 nitrogen and oxygen atoms in total. The molecule has 0 saturated heterocycles. The van der Waals surface area contributed by atoms with Gasteiger partial charge in [-0.1, -0.05) is 133 Å². The molecule has 2 heterocycles. The van der Waals surface area contributed by atoms with Crippen LogP contribution in [-0.4, -0.2) is 21.6 Å². The molecule has 364 valence electrons. The van der Waals surface area contributed by atoms with Crippen LogP contribution in [0.25, 0.3) is 21.9 Å². The second-order valence-corrected chi connectivity index (χ2v) is 16.1. The highest BCUT2D eigenvalue weighted by molar-refractivity contribution is 6.40. The van der Waals surface area contributed by atoms with Crippen molar-refractivity contribution in [2.75, 3.05) is 5.34 Å². The van der Waals surface area contributed by atoms with Crippen molar-refractivity contribution in [1.82, 2.24) is 10.3 Å². The Morgan fingerprint density at radius 2 is 1.04 bits per heavy atom. The first-order chi connectivity index (χ1) is 31.5. The molecule has 6 rings (SSSR count). The summed E-state index contributed by atoms with van der Waals surface area (Å²) in [7, 11) is 0. The molecule has 4 aromatic carbocycles. The molecular formula is C50H58Cl2F6N4O5. The molecule has 0 saturated carbocycles. The van der Waals surface area contributed by atoms with E-state index in [4.69, 9.17) is 47.5 Å². The van der Waals surface area contributed by atoms with E-state index in [1.807, 2.05) is 77.9 Å². The van der Waals surface area contributed by atoms with Gasteiger partial charge in [0.25, 0.3) is 5.91 Å². The topological polar surface area (TPSA) is 137 Å². The quantitative estimate of drug-likeness (QED) is 0.0704. The minimum atomic E-state index is -4.64. The number of halogens is 8. The molecule has 2 atom stereocenters. The summed E-state index contributed by atoms with van der Waals surface area (Å²) in [6, 6.07) is 20.0. The van der Waals surface area contributed by atoms with Gasteiger partial charge in [0.15, 0.2) is 22.6 Å². The molecule has 2 unspecified atom stereocenters. The number of primary amides is 1. The Kier molecular flexibility index (Phi) is 21.4. The third-order valence-corrected chi connectivity index (χ3v) is 10.6. The molecule has 2 N–H and O–H groups in total. The van der Waals surface area contributed by atoms with E-state index in [-0.39, 0.29) is 34.7 Å². The Morgan fingerprint density at radius 1 is 0.672 bits per heavy atom. The van der Waals surface area contributed by atoms with Gasteiger partial charge in [-0.05, 0) is 72.9 Å². The van der Waals surface area contributed by atoms with Crippen LogP contribution in [0.4, 0.5) is 26.3 Å². The monoisotopic (exact) mass is 978 g/mol. The zero-order valence-corrected chi connectivity index (χ0v) is 39.2. The summed E-state index contributed by atoms with van der Waals surface area (Å²) >= 11 is 9.53. The Labute approximate surface area is 397 Å². The summed E-state index contributed by atoms with van der Waals surface area (Å²) in [5.41, 5.74) is 9.35. The minimum absolute atomic E-state index is 0. The molecule has 0 radical (unpaired) electrons. The number of nitrogens with two attached hydrogens (primary N) is 1. The number of alkyl halides is 8. The van der Waals surface area contributed by atoms with Gasteiger partial charge in [-0.3, -0.25) is 4.79 Å². The molecule has 0 aliphatic carbocycles. The molecule has 17 heteroatoms. The van der Waals surface area contributed by atoms with Gasteiger partial charge in [0.05, 0.1) is 16.1 Å². The predicted octanol–water partition coefficient (Wildman–Crippen LogP) is 14.9. The Bertz CT molecular complexity index is 2550. The maximum Gasteiger partial charge on any atom is 0.437 e. The molecule has 0 spiro atoms. The third-order valence-electron chi connectivity index (χ3n) is 10.6. The van der Waals surface area contributed by atoms with Crippen molar-refractivity contribution in [2.45, 2.75) is 138 Å². The number of hydrogen-bond donors (Lipinski definition) is 1. The number of benzene rings is 4. The van der Waals surface area contributed by atoms with Crippen LogP contribution in [0.5, 0.6) is 11.5 Å². The lowest BCUT2D eigenvalue weighted by Gasteiger charge is -2.22. The zero-order chi connectivity index (χ0) is 48.8. The Morgan fingerprint density at radius 3 is 1.37 bits per heavy atom. The number of carbonyl (C=O) groups excluding carboxylic acids is 1. The number of nitrogens with zero attached hydrogens (tertiary/aromatic N) is 3. The average Bonchev–Trinajstić information content (AvgIpc) is 3.92. The number of amides is 1. The maximum absolute atomic E-state index is 13.5. The maximum atomic E-state index is 13.5. The van der Waals surface area contributed by atoms with E-state index in [0.717, 1.165) is 24.0 Å². The van der Waals surface area contributed by atoms with Gasteiger partial charge >= 0.3 is 12.4 Å². The van der Waals surface area contributed by atoms with E-state index >= 15 is 0 Å². The fourth-order valence-corrected chi connectivity index (χ4v) is 7.49. The molecular weight excluding hydrogens is 921 g/mol. The lowest BCUT2D eigenvalue weighted by molar-refractivity contribution is -0.142. The summed E-state index contributed by atoms with van der Waals surface area (Å²) in [6.07, 6.45) is -5.00. The van der Waals surface area contributed by atoms with Gasteiger partial charge in [0, 0.05) is 22.3 Å². The van der Waals surface area contributed by atoms with Crippen LogP contribution in [-0.2, 0) is 55.7 Å². The normalized spacial score (nSPS) is 12.3. The molecule has 0 bridgehead atoms. The largest absolute Gasteiger partial charge is 0.475 e. The molecule has 2 aromatic heterocycles. The van der Waals surface area contributed by atoms with E-state index in [9.17, 15) is 36.4 Å². The first kappa shape index (κ1) is 55.9. The van der Waals surface area contributed by atoms with Crippen LogP contribution >= 0.6 is 23.2 Å². The molecule has 0 fully saturated rings. The number of hydrogen-bond acceptors (Lipinski definition) is 8. The number of fused-ring (bicyclic) bond motifs is 2. The van der Waals surface area contributed by atoms with Crippen LogP contribution < -0.4 is 15.2 Å². The van der Waals surface area contributed by atoms with Gasteiger partial charge in [-0.2, -0.15) is 31.6 Å². The van der Waals surface area contributed by atoms with E-state index in [0.29, 0.717) is 96.2 Å². The van der Waals surface area contributed by atoms with Crippen molar-refractivity contribution in [3.63, 3.8) is 0 Å². The van der Waals surface area contributed by atoms with Crippen molar-refractivity contribution >= 4 is 51.0 Å². The van der Waals surface area contributed by atoms with E-state index < -0.39 is 41.9 Å². The van der Waals surface area contributed by atoms with Crippen LogP contribution in [0.1, 0.15) is 143 Å². The van der Waals surface area contributed by atoms with E-state index in [1.165, 1.54) is 12.1 Å². The highest BCUT2D eigenvalue weighted by Crippen LogP contribution is 2.44. The van der Waals surface area contributed by atoms with E-state index in [1.54, 1.807) is 12.1 Å². The summed E-state index contributed by atoms with van der Waals surface area (Å²) in [5.74, 6) is 0.0782. The lowest BCUT2D eigenvalue weighted by atomic mass is 9.97. The number of aryl methyl sites for hydroxylation is 6. The SMILES string of the molecule is C.CCCc1cc2c(C(F)(F)F)noc2c(CCC)c1OC(C#N)c1ccc(CC)cc1.CCCc1cc2c(C(F)(F)F)noc2c(CCC)c1OC(C(N)=O)c1ccc(CC)cc1.ClCCl. The molecule has 0 aliphatic heterocycles. The molecule has 1 amide bonds. The average molecular weight is 980 g/mol. The Hall–Kier alpha value is -5.46.